The number of nitrogens with zero attached hydrogens (tertiary/aromatic N) is 4. The fraction of sp³-hybridized carbons (Fsp3) is 0.261. The van der Waals surface area contributed by atoms with Crippen LogP contribution in [0.4, 0.5) is 0 Å². The molecule has 0 unspecified atom stereocenters. The quantitative estimate of drug-likeness (QED) is 0.428. The summed E-state index contributed by atoms with van der Waals surface area (Å²) in [6.07, 6.45) is 1.83. The van der Waals surface area contributed by atoms with Gasteiger partial charge in [0.1, 0.15) is 0 Å². The third kappa shape index (κ3) is 3.61. The molecule has 7 heteroatoms. The van der Waals surface area contributed by atoms with Crippen LogP contribution in [0.1, 0.15) is 39.9 Å². The van der Waals surface area contributed by atoms with E-state index in [1.165, 1.54) is 0 Å². The van der Waals surface area contributed by atoms with Crippen LogP contribution < -0.4 is 0 Å². The Bertz CT molecular complexity index is 1210. The standard InChI is InChI=1S/C23H21ClN4OS/c1-15-13-20(26-28(15)18-5-3-2-4-6-18)23(29)27-11-9-16(10-12-27)22-25-19-14-17(24)7-8-21(19)30-22/h2-8,13-14,16H,9-12H2,1H3. The topological polar surface area (TPSA) is 51.0 Å². The Labute approximate surface area is 183 Å². The van der Waals surface area contributed by atoms with Gasteiger partial charge in [-0.15, -0.1) is 11.3 Å². The molecule has 0 spiro atoms. The van der Waals surface area contributed by atoms with E-state index in [9.17, 15) is 4.79 Å². The van der Waals surface area contributed by atoms with Crippen LogP contribution in [0.25, 0.3) is 15.9 Å². The van der Waals surface area contributed by atoms with E-state index >= 15 is 0 Å². The number of benzene rings is 2. The summed E-state index contributed by atoms with van der Waals surface area (Å²) in [5.41, 5.74) is 3.38. The molecule has 1 aliphatic heterocycles. The highest BCUT2D eigenvalue weighted by Crippen LogP contribution is 2.35. The molecule has 1 saturated heterocycles. The zero-order valence-electron chi connectivity index (χ0n) is 16.6. The zero-order valence-corrected chi connectivity index (χ0v) is 18.2. The number of likely N-dealkylation sites (tertiary alicyclic amines) is 1. The van der Waals surface area contributed by atoms with Gasteiger partial charge >= 0.3 is 0 Å². The van der Waals surface area contributed by atoms with Gasteiger partial charge in [-0.3, -0.25) is 4.79 Å². The summed E-state index contributed by atoms with van der Waals surface area (Å²) in [7, 11) is 0. The maximum atomic E-state index is 13.0. The van der Waals surface area contributed by atoms with Crippen molar-refractivity contribution in [2.24, 2.45) is 0 Å². The average molecular weight is 437 g/mol. The Morgan fingerprint density at radius 1 is 1.10 bits per heavy atom. The number of piperidine rings is 1. The lowest BCUT2D eigenvalue weighted by Crippen LogP contribution is -2.38. The van der Waals surface area contributed by atoms with Crippen LogP contribution in [0, 0.1) is 6.92 Å². The van der Waals surface area contributed by atoms with E-state index in [1.54, 1.807) is 11.3 Å². The summed E-state index contributed by atoms with van der Waals surface area (Å²) < 4.78 is 2.99. The van der Waals surface area contributed by atoms with Crippen LogP contribution in [0.2, 0.25) is 5.02 Å². The number of carbonyl (C=O) groups excluding carboxylic acids is 1. The molecule has 0 radical (unpaired) electrons. The van der Waals surface area contributed by atoms with Crippen molar-refractivity contribution in [3.63, 3.8) is 0 Å². The second kappa shape index (κ2) is 7.85. The van der Waals surface area contributed by atoms with Crippen molar-refractivity contribution < 1.29 is 4.79 Å². The first-order valence-corrected chi connectivity index (χ1v) is 11.3. The van der Waals surface area contributed by atoms with Crippen molar-refractivity contribution in [1.29, 1.82) is 0 Å². The molecule has 4 aromatic rings. The molecule has 5 rings (SSSR count). The fourth-order valence-electron chi connectivity index (χ4n) is 3.99. The van der Waals surface area contributed by atoms with Crippen LogP contribution >= 0.6 is 22.9 Å². The molecule has 30 heavy (non-hydrogen) atoms. The van der Waals surface area contributed by atoms with Gasteiger partial charge in [-0.1, -0.05) is 29.8 Å². The van der Waals surface area contributed by atoms with Gasteiger partial charge in [0.25, 0.3) is 5.91 Å². The normalized spacial score (nSPS) is 15.1. The lowest BCUT2D eigenvalue weighted by molar-refractivity contribution is 0.0706. The summed E-state index contributed by atoms with van der Waals surface area (Å²) in [6.45, 7) is 3.41. The first kappa shape index (κ1) is 19.3. The molecule has 3 heterocycles. The minimum Gasteiger partial charge on any atom is -0.337 e. The second-order valence-electron chi connectivity index (χ2n) is 7.65. The van der Waals surface area contributed by atoms with E-state index in [1.807, 2.05) is 71.1 Å². The van der Waals surface area contributed by atoms with Gasteiger partial charge in [0, 0.05) is 29.7 Å². The Morgan fingerprint density at radius 2 is 1.87 bits per heavy atom. The van der Waals surface area contributed by atoms with E-state index in [2.05, 4.69) is 5.10 Å². The summed E-state index contributed by atoms with van der Waals surface area (Å²) in [4.78, 5) is 19.7. The van der Waals surface area contributed by atoms with Crippen LogP contribution in [0.3, 0.4) is 0 Å². The molecule has 0 N–H and O–H groups in total. The van der Waals surface area contributed by atoms with Gasteiger partial charge in [-0.05, 0) is 56.2 Å². The predicted octanol–water partition coefficient (Wildman–Crippen LogP) is 5.46. The first-order valence-electron chi connectivity index (χ1n) is 10.1. The van der Waals surface area contributed by atoms with Crippen LogP contribution in [-0.4, -0.2) is 38.7 Å². The molecule has 1 fully saturated rings. The molecule has 2 aromatic heterocycles. The van der Waals surface area contributed by atoms with Crippen LogP contribution in [0.5, 0.6) is 0 Å². The van der Waals surface area contributed by atoms with E-state index in [0.717, 1.165) is 52.5 Å². The third-order valence-corrected chi connectivity index (χ3v) is 7.04. The highest BCUT2D eigenvalue weighted by molar-refractivity contribution is 7.18. The summed E-state index contributed by atoms with van der Waals surface area (Å²) >= 11 is 7.82. The van der Waals surface area contributed by atoms with Gasteiger partial charge in [-0.2, -0.15) is 5.10 Å². The molecule has 1 amide bonds. The number of fused-ring (bicyclic) bond motifs is 1. The maximum Gasteiger partial charge on any atom is 0.274 e. The minimum absolute atomic E-state index is 0.00214. The second-order valence-corrected chi connectivity index (χ2v) is 9.15. The molecule has 1 aliphatic rings. The van der Waals surface area contributed by atoms with Gasteiger partial charge in [-0.25, -0.2) is 9.67 Å². The van der Waals surface area contributed by atoms with Crippen molar-refractivity contribution in [2.75, 3.05) is 13.1 Å². The molecule has 0 atom stereocenters. The predicted molar refractivity (Wildman–Crippen MR) is 121 cm³/mol. The van der Waals surface area contributed by atoms with Crippen molar-refractivity contribution in [3.8, 4) is 5.69 Å². The lowest BCUT2D eigenvalue weighted by Gasteiger charge is -2.30. The van der Waals surface area contributed by atoms with Gasteiger partial charge < -0.3 is 4.90 Å². The number of thiazole rings is 1. The first-order chi connectivity index (χ1) is 14.6. The molecule has 152 valence electrons. The Morgan fingerprint density at radius 3 is 2.63 bits per heavy atom. The summed E-state index contributed by atoms with van der Waals surface area (Å²) in [6, 6.07) is 17.6. The number of halogens is 1. The number of carbonyl (C=O) groups is 1. The maximum absolute atomic E-state index is 13.0. The smallest absolute Gasteiger partial charge is 0.274 e. The van der Waals surface area contributed by atoms with Crippen LogP contribution in [-0.2, 0) is 0 Å². The molecule has 2 aromatic carbocycles. The number of rotatable bonds is 3. The third-order valence-electron chi connectivity index (χ3n) is 5.60. The number of hydrogen-bond donors (Lipinski definition) is 0. The minimum atomic E-state index is 0.00214. The van der Waals surface area contributed by atoms with Crippen molar-refractivity contribution in [1.82, 2.24) is 19.7 Å². The highest BCUT2D eigenvalue weighted by atomic mass is 35.5. The Balaban J connectivity index is 1.29. The molecular formula is C23H21ClN4OS. The molecule has 0 bridgehead atoms. The van der Waals surface area contributed by atoms with Crippen LogP contribution in [0.15, 0.2) is 54.6 Å². The monoisotopic (exact) mass is 436 g/mol. The zero-order chi connectivity index (χ0) is 20.7. The van der Waals surface area contributed by atoms with E-state index < -0.39 is 0 Å². The summed E-state index contributed by atoms with van der Waals surface area (Å²) in [5.74, 6) is 0.385. The summed E-state index contributed by atoms with van der Waals surface area (Å²) in [5, 5.41) is 6.43. The van der Waals surface area contributed by atoms with E-state index in [-0.39, 0.29) is 5.91 Å². The van der Waals surface area contributed by atoms with Crippen molar-refractivity contribution >= 4 is 39.1 Å². The van der Waals surface area contributed by atoms with Crippen molar-refractivity contribution in [2.45, 2.75) is 25.7 Å². The fourth-order valence-corrected chi connectivity index (χ4v) is 5.28. The lowest BCUT2D eigenvalue weighted by atomic mass is 9.97. The number of para-hydroxylation sites is 1. The molecular weight excluding hydrogens is 416 g/mol. The molecule has 0 saturated carbocycles. The Kier molecular flexibility index (Phi) is 5.05. The Hall–Kier alpha value is -2.70. The van der Waals surface area contributed by atoms with Gasteiger partial charge in [0.15, 0.2) is 5.69 Å². The largest absolute Gasteiger partial charge is 0.337 e. The van der Waals surface area contributed by atoms with E-state index in [4.69, 9.17) is 16.6 Å². The average Bonchev–Trinajstić information content (AvgIpc) is 3.37. The van der Waals surface area contributed by atoms with Gasteiger partial charge in [0.2, 0.25) is 0 Å². The number of aromatic nitrogens is 3. The number of hydrogen-bond acceptors (Lipinski definition) is 4. The number of amides is 1. The molecule has 0 aliphatic carbocycles. The number of aryl methyl sites for hydroxylation is 1. The van der Waals surface area contributed by atoms with Crippen molar-refractivity contribution in [3.05, 3.63) is 76.0 Å². The molecule has 5 nitrogen and oxygen atoms in total. The van der Waals surface area contributed by atoms with Gasteiger partial charge in [0.05, 0.1) is 20.9 Å². The highest BCUT2D eigenvalue weighted by Gasteiger charge is 2.28. The van der Waals surface area contributed by atoms with E-state index in [0.29, 0.717) is 16.6 Å². The SMILES string of the molecule is Cc1cc(C(=O)N2CCC(c3nc4cc(Cl)ccc4s3)CC2)nn1-c1ccccc1.